The molecule has 3 heterocycles. The van der Waals surface area contributed by atoms with Crippen LogP contribution in [0.25, 0.3) is 0 Å². The number of imidazole rings is 1. The number of aromatic amines is 1. The van der Waals surface area contributed by atoms with Gasteiger partial charge in [-0.25, -0.2) is 9.97 Å². The van der Waals surface area contributed by atoms with Gasteiger partial charge in [0.05, 0.1) is 29.1 Å². The van der Waals surface area contributed by atoms with Crippen LogP contribution in [-0.2, 0) is 4.74 Å². The van der Waals surface area contributed by atoms with E-state index >= 15 is 0 Å². The predicted octanol–water partition coefficient (Wildman–Crippen LogP) is 2.20. The number of rotatable bonds is 3. The molecule has 0 radical (unpaired) electrons. The third kappa shape index (κ3) is 3.13. The standard InChI is InChI=1S/C18H21N5O2/c1-10-11(2)22-17(21-10)16-7-14(25-4)9-23(16)18(24)15-6-5-13(8-19)12(3)20-15/h5-6,14,16H,7,9H2,1-4H3,(H,21,22)/t14-,16+/m1/s1. The molecular weight excluding hydrogens is 318 g/mol. The number of aromatic nitrogens is 3. The van der Waals surface area contributed by atoms with Crippen molar-refractivity contribution in [2.75, 3.05) is 13.7 Å². The summed E-state index contributed by atoms with van der Waals surface area (Å²) in [5.41, 5.74) is 3.28. The second kappa shape index (κ2) is 6.65. The van der Waals surface area contributed by atoms with Gasteiger partial charge in [0.1, 0.15) is 17.6 Å². The summed E-state index contributed by atoms with van der Waals surface area (Å²) in [6, 6.07) is 5.13. The number of hydrogen-bond donors (Lipinski definition) is 1. The van der Waals surface area contributed by atoms with Crippen LogP contribution >= 0.6 is 0 Å². The van der Waals surface area contributed by atoms with Crippen molar-refractivity contribution in [2.24, 2.45) is 0 Å². The van der Waals surface area contributed by atoms with E-state index in [1.807, 2.05) is 13.8 Å². The average Bonchev–Trinajstić information content (AvgIpc) is 3.17. The van der Waals surface area contributed by atoms with Crippen molar-refractivity contribution in [3.8, 4) is 6.07 Å². The van der Waals surface area contributed by atoms with E-state index < -0.39 is 0 Å². The van der Waals surface area contributed by atoms with E-state index in [4.69, 9.17) is 10.00 Å². The Bertz CT molecular complexity index is 832. The van der Waals surface area contributed by atoms with Crippen LogP contribution < -0.4 is 0 Å². The molecule has 0 saturated carbocycles. The van der Waals surface area contributed by atoms with E-state index in [2.05, 4.69) is 21.0 Å². The van der Waals surface area contributed by atoms with E-state index in [0.29, 0.717) is 29.9 Å². The zero-order chi connectivity index (χ0) is 18.1. The van der Waals surface area contributed by atoms with Gasteiger partial charge >= 0.3 is 0 Å². The van der Waals surface area contributed by atoms with Crippen LogP contribution in [0.4, 0.5) is 0 Å². The number of pyridine rings is 1. The lowest BCUT2D eigenvalue weighted by molar-refractivity contribution is 0.0678. The van der Waals surface area contributed by atoms with Crippen LogP contribution in [0.1, 0.15) is 51.4 Å². The number of hydrogen-bond acceptors (Lipinski definition) is 5. The van der Waals surface area contributed by atoms with Gasteiger partial charge in [0.25, 0.3) is 5.91 Å². The number of nitriles is 1. The van der Waals surface area contributed by atoms with Crippen molar-refractivity contribution < 1.29 is 9.53 Å². The Morgan fingerprint density at radius 3 is 2.64 bits per heavy atom. The van der Waals surface area contributed by atoms with E-state index in [1.54, 1.807) is 31.1 Å². The van der Waals surface area contributed by atoms with Crippen LogP contribution in [-0.4, -0.2) is 45.5 Å². The molecule has 0 bridgehead atoms. The average molecular weight is 339 g/mol. The fourth-order valence-corrected chi connectivity index (χ4v) is 3.13. The molecule has 2 aromatic heterocycles. The van der Waals surface area contributed by atoms with Gasteiger partial charge in [-0.2, -0.15) is 5.26 Å². The van der Waals surface area contributed by atoms with Gasteiger partial charge in [0, 0.05) is 25.8 Å². The molecule has 1 amide bonds. The fourth-order valence-electron chi connectivity index (χ4n) is 3.13. The maximum atomic E-state index is 13.0. The SMILES string of the molecule is CO[C@@H]1C[C@@H](c2nc(C)c(C)[nH]2)N(C(=O)c2ccc(C#N)c(C)n2)C1. The van der Waals surface area contributed by atoms with Crippen LogP contribution in [0.5, 0.6) is 0 Å². The fraction of sp³-hybridized carbons (Fsp3) is 0.444. The first-order valence-electron chi connectivity index (χ1n) is 8.19. The zero-order valence-electron chi connectivity index (χ0n) is 14.8. The number of methoxy groups -OCH3 is 1. The Balaban J connectivity index is 1.93. The monoisotopic (exact) mass is 339 g/mol. The molecule has 1 aliphatic heterocycles. The maximum absolute atomic E-state index is 13.0. The number of carbonyl (C=O) groups excluding carboxylic acids is 1. The van der Waals surface area contributed by atoms with E-state index in [-0.39, 0.29) is 18.1 Å². The molecule has 7 nitrogen and oxygen atoms in total. The van der Waals surface area contributed by atoms with Crippen LogP contribution in [0, 0.1) is 32.1 Å². The third-order valence-corrected chi connectivity index (χ3v) is 4.74. The van der Waals surface area contributed by atoms with Gasteiger partial charge in [0.2, 0.25) is 0 Å². The molecule has 130 valence electrons. The number of likely N-dealkylation sites (tertiary alicyclic amines) is 1. The first kappa shape index (κ1) is 17.1. The second-order valence-electron chi connectivity index (χ2n) is 6.34. The zero-order valence-corrected chi connectivity index (χ0v) is 14.8. The lowest BCUT2D eigenvalue weighted by Crippen LogP contribution is -2.33. The minimum atomic E-state index is -0.178. The summed E-state index contributed by atoms with van der Waals surface area (Å²) in [6.07, 6.45) is 0.642. The highest BCUT2D eigenvalue weighted by Crippen LogP contribution is 2.33. The molecular formula is C18H21N5O2. The summed E-state index contributed by atoms with van der Waals surface area (Å²) in [4.78, 5) is 26.9. The highest BCUT2D eigenvalue weighted by atomic mass is 16.5. The Labute approximate surface area is 146 Å². The Morgan fingerprint density at radius 2 is 2.08 bits per heavy atom. The van der Waals surface area contributed by atoms with Crippen LogP contribution in [0.3, 0.4) is 0 Å². The molecule has 0 spiro atoms. The number of amides is 1. The van der Waals surface area contributed by atoms with Crippen molar-refractivity contribution in [1.82, 2.24) is 19.9 Å². The summed E-state index contributed by atoms with van der Waals surface area (Å²) in [7, 11) is 1.65. The number of H-pyrrole nitrogens is 1. The third-order valence-electron chi connectivity index (χ3n) is 4.74. The highest BCUT2D eigenvalue weighted by Gasteiger charge is 2.39. The molecule has 25 heavy (non-hydrogen) atoms. The van der Waals surface area contributed by atoms with Crippen LogP contribution in [0.15, 0.2) is 12.1 Å². The molecule has 1 aliphatic rings. The molecule has 2 aromatic rings. The lowest BCUT2D eigenvalue weighted by Gasteiger charge is -2.22. The van der Waals surface area contributed by atoms with Gasteiger partial charge in [-0.3, -0.25) is 4.79 Å². The van der Waals surface area contributed by atoms with Crippen LogP contribution in [0.2, 0.25) is 0 Å². The summed E-state index contributed by atoms with van der Waals surface area (Å²) < 4.78 is 5.48. The minimum Gasteiger partial charge on any atom is -0.380 e. The van der Waals surface area contributed by atoms with E-state index in [9.17, 15) is 4.79 Å². The van der Waals surface area contributed by atoms with Crippen molar-refractivity contribution in [2.45, 2.75) is 39.3 Å². The molecule has 7 heteroatoms. The number of nitrogens with zero attached hydrogens (tertiary/aromatic N) is 4. The van der Waals surface area contributed by atoms with Crippen molar-refractivity contribution >= 4 is 5.91 Å². The summed E-state index contributed by atoms with van der Waals surface area (Å²) in [5, 5.41) is 9.03. The molecule has 0 unspecified atom stereocenters. The summed E-state index contributed by atoms with van der Waals surface area (Å²) in [6.45, 7) is 6.12. The van der Waals surface area contributed by atoms with Gasteiger partial charge in [-0.05, 0) is 32.9 Å². The van der Waals surface area contributed by atoms with Gasteiger partial charge in [-0.15, -0.1) is 0 Å². The van der Waals surface area contributed by atoms with Gasteiger partial charge in [-0.1, -0.05) is 0 Å². The van der Waals surface area contributed by atoms with Crippen molar-refractivity contribution in [3.05, 3.63) is 46.3 Å². The molecule has 2 atom stereocenters. The first-order chi connectivity index (χ1) is 11.9. The van der Waals surface area contributed by atoms with E-state index in [0.717, 1.165) is 17.2 Å². The van der Waals surface area contributed by atoms with E-state index in [1.165, 1.54) is 0 Å². The van der Waals surface area contributed by atoms with Crippen molar-refractivity contribution in [1.29, 1.82) is 5.26 Å². The Morgan fingerprint density at radius 1 is 1.32 bits per heavy atom. The van der Waals surface area contributed by atoms with Gasteiger partial charge < -0.3 is 14.6 Å². The number of aryl methyl sites for hydroxylation is 3. The molecule has 1 N–H and O–H groups in total. The topological polar surface area (TPSA) is 94.9 Å². The first-order valence-corrected chi connectivity index (χ1v) is 8.19. The van der Waals surface area contributed by atoms with Crippen molar-refractivity contribution in [3.63, 3.8) is 0 Å². The minimum absolute atomic E-state index is 0.0425. The Hall–Kier alpha value is -2.72. The normalized spacial score (nSPS) is 19.9. The summed E-state index contributed by atoms with van der Waals surface area (Å²) >= 11 is 0. The second-order valence-corrected chi connectivity index (χ2v) is 6.34. The summed E-state index contributed by atoms with van der Waals surface area (Å²) in [5.74, 6) is 0.595. The highest BCUT2D eigenvalue weighted by molar-refractivity contribution is 5.93. The maximum Gasteiger partial charge on any atom is 0.273 e. The number of carbonyl (C=O) groups is 1. The molecule has 3 rings (SSSR count). The number of ether oxygens (including phenoxy) is 1. The largest absolute Gasteiger partial charge is 0.380 e. The molecule has 0 aliphatic carbocycles. The molecule has 0 aromatic carbocycles. The van der Waals surface area contributed by atoms with Gasteiger partial charge in [0.15, 0.2) is 0 Å². The number of nitrogens with one attached hydrogen (secondary N) is 1. The lowest BCUT2D eigenvalue weighted by atomic mass is 10.1. The predicted molar refractivity (Wildman–Crippen MR) is 90.9 cm³/mol. The Kier molecular flexibility index (Phi) is 4.55. The smallest absolute Gasteiger partial charge is 0.273 e. The molecule has 1 saturated heterocycles. The molecule has 1 fully saturated rings. The quantitative estimate of drug-likeness (QED) is 0.925.